The zero-order chi connectivity index (χ0) is 13.8. The molecule has 0 heterocycles. The van der Waals surface area contributed by atoms with Crippen LogP contribution in [0.4, 0.5) is 4.39 Å². The van der Waals surface area contributed by atoms with Crippen molar-refractivity contribution in [3.8, 4) is 0 Å². The summed E-state index contributed by atoms with van der Waals surface area (Å²) in [4.78, 5) is 0. The van der Waals surface area contributed by atoms with Gasteiger partial charge in [0.15, 0.2) is 0 Å². The van der Waals surface area contributed by atoms with Gasteiger partial charge in [0.05, 0.1) is 0 Å². The van der Waals surface area contributed by atoms with Gasteiger partial charge in [0.1, 0.15) is 5.82 Å². The summed E-state index contributed by atoms with van der Waals surface area (Å²) in [7, 11) is 0. The van der Waals surface area contributed by atoms with Crippen molar-refractivity contribution in [1.82, 2.24) is 0 Å². The highest BCUT2D eigenvalue weighted by Crippen LogP contribution is 2.33. The van der Waals surface area contributed by atoms with Crippen molar-refractivity contribution >= 4 is 11.6 Å². The second-order valence-corrected chi connectivity index (χ2v) is 6.27. The van der Waals surface area contributed by atoms with Crippen molar-refractivity contribution in [2.75, 3.05) is 0 Å². The molecule has 0 amide bonds. The first-order valence-electron chi connectivity index (χ1n) is 7.29. The van der Waals surface area contributed by atoms with Crippen molar-refractivity contribution in [2.45, 2.75) is 51.5 Å². The van der Waals surface area contributed by atoms with Gasteiger partial charge in [-0.1, -0.05) is 37.4 Å². The minimum absolute atomic E-state index is 0.197. The Kier molecular flexibility index (Phi) is 5.23. The smallest absolute Gasteiger partial charge is 0.127 e. The van der Waals surface area contributed by atoms with Crippen molar-refractivity contribution in [3.05, 3.63) is 34.6 Å². The molecular weight excluding hydrogens is 261 g/mol. The predicted molar refractivity (Wildman–Crippen MR) is 78.8 cm³/mol. The lowest BCUT2D eigenvalue weighted by atomic mass is 9.74. The molecule has 0 bridgehead atoms. The molecule has 0 saturated heterocycles. The second-order valence-electron chi connectivity index (χ2n) is 5.83. The van der Waals surface area contributed by atoms with E-state index in [1.807, 2.05) is 0 Å². The highest BCUT2D eigenvalue weighted by molar-refractivity contribution is 6.30. The minimum atomic E-state index is -0.197. The van der Waals surface area contributed by atoms with Gasteiger partial charge in [-0.3, -0.25) is 0 Å². The fourth-order valence-electron chi connectivity index (χ4n) is 3.26. The number of rotatable bonds is 4. The van der Waals surface area contributed by atoms with Crippen LogP contribution in [-0.2, 0) is 6.42 Å². The van der Waals surface area contributed by atoms with Gasteiger partial charge < -0.3 is 5.73 Å². The molecule has 0 aromatic heterocycles. The minimum Gasteiger partial charge on any atom is -0.327 e. The van der Waals surface area contributed by atoms with Crippen LogP contribution in [0.25, 0.3) is 0 Å². The molecule has 3 heteroatoms. The maximum Gasteiger partial charge on any atom is 0.127 e. The van der Waals surface area contributed by atoms with Crippen LogP contribution in [0, 0.1) is 17.7 Å². The first-order chi connectivity index (χ1) is 9.10. The molecule has 0 radical (unpaired) electrons. The SMILES string of the molecule is CCCC1CCC(N)C(Cc2ccc(Cl)cc2F)C1. The van der Waals surface area contributed by atoms with Crippen LogP contribution in [0.5, 0.6) is 0 Å². The topological polar surface area (TPSA) is 26.0 Å². The van der Waals surface area contributed by atoms with E-state index in [4.69, 9.17) is 17.3 Å². The Hall–Kier alpha value is -0.600. The summed E-state index contributed by atoms with van der Waals surface area (Å²) >= 11 is 5.79. The average Bonchev–Trinajstić information content (AvgIpc) is 2.37. The lowest BCUT2D eigenvalue weighted by Gasteiger charge is -2.34. The van der Waals surface area contributed by atoms with E-state index < -0.39 is 0 Å². The molecule has 0 spiro atoms. The molecule has 2 rings (SSSR count). The molecule has 1 nitrogen and oxygen atoms in total. The van der Waals surface area contributed by atoms with Crippen LogP contribution in [-0.4, -0.2) is 6.04 Å². The molecule has 1 fully saturated rings. The number of hydrogen-bond donors (Lipinski definition) is 1. The Morgan fingerprint density at radius 3 is 2.84 bits per heavy atom. The summed E-state index contributed by atoms with van der Waals surface area (Å²) in [5, 5.41) is 0.457. The lowest BCUT2D eigenvalue weighted by Crippen LogP contribution is -2.37. The Bertz CT molecular complexity index is 421. The third-order valence-electron chi connectivity index (χ3n) is 4.34. The van der Waals surface area contributed by atoms with Gasteiger partial charge in [-0.2, -0.15) is 0 Å². The first-order valence-corrected chi connectivity index (χ1v) is 7.67. The van der Waals surface area contributed by atoms with Crippen LogP contribution in [0.3, 0.4) is 0 Å². The normalized spacial score (nSPS) is 27.5. The summed E-state index contributed by atoms with van der Waals surface area (Å²) in [6.45, 7) is 2.22. The fourth-order valence-corrected chi connectivity index (χ4v) is 3.42. The van der Waals surface area contributed by atoms with Crippen LogP contribution in [0.15, 0.2) is 18.2 Å². The van der Waals surface area contributed by atoms with Crippen molar-refractivity contribution in [1.29, 1.82) is 0 Å². The van der Waals surface area contributed by atoms with Crippen LogP contribution >= 0.6 is 11.6 Å². The molecule has 1 saturated carbocycles. The highest BCUT2D eigenvalue weighted by Gasteiger charge is 2.28. The zero-order valence-corrected chi connectivity index (χ0v) is 12.3. The summed E-state index contributed by atoms with van der Waals surface area (Å²) < 4.78 is 13.9. The summed E-state index contributed by atoms with van der Waals surface area (Å²) in [6.07, 6.45) is 6.68. The number of benzene rings is 1. The third kappa shape index (κ3) is 3.93. The van der Waals surface area contributed by atoms with E-state index in [0.29, 0.717) is 10.9 Å². The molecule has 19 heavy (non-hydrogen) atoms. The molecule has 1 aromatic rings. The molecule has 1 aromatic carbocycles. The molecular formula is C16H23ClFN. The van der Waals surface area contributed by atoms with E-state index in [-0.39, 0.29) is 11.9 Å². The summed E-state index contributed by atoms with van der Waals surface area (Å²) in [5.41, 5.74) is 6.97. The molecule has 1 aliphatic carbocycles. The van der Waals surface area contributed by atoms with E-state index in [0.717, 1.165) is 30.7 Å². The fraction of sp³-hybridized carbons (Fsp3) is 0.625. The van der Waals surface area contributed by atoms with E-state index in [1.54, 1.807) is 12.1 Å². The molecule has 2 N–H and O–H groups in total. The summed E-state index contributed by atoms with van der Waals surface area (Å²) in [5.74, 6) is 0.975. The Balaban J connectivity index is 2.03. The lowest BCUT2D eigenvalue weighted by molar-refractivity contribution is 0.220. The van der Waals surface area contributed by atoms with Crippen molar-refractivity contribution < 1.29 is 4.39 Å². The Morgan fingerprint density at radius 2 is 2.16 bits per heavy atom. The Morgan fingerprint density at radius 1 is 1.37 bits per heavy atom. The standard InChI is InChI=1S/C16H23ClFN/c1-2-3-11-4-7-16(19)13(8-11)9-12-5-6-14(17)10-15(12)18/h5-6,10-11,13,16H,2-4,7-9,19H2,1H3. The maximum atomic E-state index is 13.9. The molecule has 106 valence electrons. The first kappa shape index (κ1) is 14.8. The van der Waals surface area contributed by atoms with E-state index in [2.05, 4.69) is 6.92 Å². The van der Waals surface area contributed by atoms with Gasteiger partial charge >= 0.3 is 0 Å². The van der Waals surface area contributed by atoms with Gasteiger partial charge in [-0.15, -0.1) is 0 Å². The maximum absolute atomic E-state index is 13.9. The van der Waals surface area contributed by atoms with Crippen LogP contribution < -0.4 is 5.73 Å². The predicted octanol–water partition coefficient (Wildman–Crippen LogP) is 4.57. The molecule has 1 aliphatic rings. The van der Waals surface area contributed by atoms with Crippen LogP contribution in [0.1, 0.15) is 44.6 Å². The van der Waals surface area contributed by atoms with Gasteiger partial charge in [0.25, 0.3) is 0 Å². The van der Waals surface area contributed by atoms with Gasteiger partial charge in [-0.05, 0) is 55.2 Å². The van der Waals surface area contributed by atoms with Crippen molar-refractivity contribution in [3.63, 3.8) is 0 Å². The highest BCUT2D eigenvalue weighted by atomic mass is 35.5. The average molecular weight is 284 g/mol. The second kappa shape index (κ2) is 6.71. The molecule has 0 aliphatic heterocycles. The Labute approximate surface area is 120 Å². The van der Waals surface area contributed by atoms with Gasteiger partial charge in [0, 0.05) is 11.1 Å². The monoisotopic (exact) mass is 283 g/mol. The number of halogens is 2. The van der Waals surface area contributed by atoms with Gasteiger partial charge in [0.2, 0.25) is 0 Å². The van der Waals surface area contributed by atoms with E-state index in [9.17, 15) is 4.39 Å². The largest absolute Gasteiger partial charge is 0.327 e. The number of hydrogen-bond acceptors (Lipinski definition) is 1. The van der Waals surface area contributed by atoms with Gasteiger partial charge in [-0.25, -0.2) is 4.39 Å². The van der Waals surface area contributed by atoms with Crippen molar-refractivity contribution in [2.24, 2.45) is 17.6 Å². The quantitative estimate of drug-likeness (QED) is 0.861. The van der Waals surface area contributed by atoms with Crippen LogP contribution in [0.2, 0.25) is 5.02 Å². The van der Waals surface area contributed by atoms with E-state index >= 15 is 0 Å². The third-order valence-corrected chi connectivity index (χ3v) is 4.58. The summed E-state index contributed by atoms with van der Waals surface area (Å²) in [6, 6.07) is 5.17. The number of nitrogens with two attached hydrogens (primary N) is 1. The van der Waals surface area contributed by atoms with E-state index in [1.165, 1.54) is 25.3 Å². The molecule has 3 atom stereocenters. The molecule has 3 unspecified atom stereocenters. The zero-order valence-electron chi connectivity index (χ0n) is 11.5.